The van der Waals surface area contributed by atoms with Crippen molar-refractivity contribution in [3.05, 3.63) is 59.7 Å². The number of carbonyl (C=O) groups excluding carboxylic acids is 1. The Hall–Kier alpha value is -2.14. The van der Waals surface area contributed by atoms with Gasteiger partial charge in [-0.2, -0.15) is 0 Å². The minimum Gasteiger partial charge on any atom is -0.497 e. The van der Waals surface area contributed by atoms with Crippen molar-refractivity contribution in [2.24, 2.45) is 0 Å². The Balaban J connectivity index is 1.56. The lowest BCUT2D eigenvalue weighted by Gasteiger charge is -2.07. The summed E-state index contributed by atoms with van der Waals surface area (Å²) in [5.41, 5.74) is 2.45. The standard InChI is InChI=1S/C21H27NO3S/c1-3-25-20-12-6-17(7-13-20)5-4-14-22-21(23)16-26-15-18-8-10-19(24-2)11-9-18/h6-13H,3-5,14-16H2,1-2H3,(H,22,23). The van der Waals surface area contributed by atoms with E-state index in [9.17, 15) is 4.79 Å². The highest BCUT2D eigenvalue weighted by atomic mass is 32.2. The van der Waals surface area contributed by atoms with Gasteiger partial charge >= 0.3 is 0 Å². The third-order valence-corrected chi connectivity index (χ3v) is 4.86. The zero-order valence-electron chi connectivity index (χ0n) is 15.5. The molecule has 140 valence electrons. The summed E-state index contributed by atoms with van der Waals surface area (Å²) in [5, 5.41) is 2.98. The third-order valence-electron chi connectivity index (χ3n) is 3.86. The maximum absolute atomic E-state index is 11.9. The molecule has 1 N–H and O–H groups in total. The van der Waals surface area contributed by atoms with Gasteiger partial charge in [0.15, 0.2) is 0 Å². The van der Waals surface area contributed by atoms with Crippen LogP contribution in [0.2, 0.25) is 0 Å². The molecule has 0 fully saturated rings. The molecule has 0 spiro atoms. The van der Waals surface area contributed by atoms with E-state index < -0.39 is 0 Å². The largest absolute Gasteiger partial charge is 0.497 e. The Morgan fingerprint density at radius 2 is 1.65 bits per heavy atom. The smallest absolute Gasteiger partial charge is 0.230 e. The normalized spacial score (nSPS) is 10.4. The van der Waals surface area contributed by atoms with Crippen LogP contribution in [0.15, 0.2) is 48.5 Å². The van der Waals surface area contributed by atoms with Crippen molar-refractivity contribution in [3.8, 4) is 11.5 Å². The number of aryl methyl sites for hydroxylation is 1. The number of benzene rings is 2. The van der Waals surface area contributed by atoms with E-state index in [-0.39, 0.29) is 5.91 Å². The molecule has 0 aliphatic carbocycles. The summed E-state index contributed by atoms with van der Waals surface area (Å²) in [6.07, 6.45) is 1.88. The second-order valence-corrected chi connectivity index (χ2v) is 6.86. The van der Waals surface area contributed by atoms with Crippen LogP contribution in [0.25, 0.3) is 0 Å². The molecule has 0 aromatic heterocycles. The maximum Gasteiger partial charge on any atom is 0.230 e. The van der Waals surface area contributed by atoms with Crippen molar-refractivity contribution in [2.45, 2.75) is 25.5 Å². The molecule has 0 heterocycles. The molecule has 0 aliphatic heterocycles. The van der Waals surface area contributed by atoms with Gasteiger partial charge in [0.05, 0.1) is 19.5 Å². The average Bonchev–Trinajstić information content (AvgIpc) is 2.67. The van der Waals surface area contributed by atoms with Gasteiger partial charge in [0, 0.05) is 12.3 Å². The third kappa shape index (κ3) is 7.40. The van der Waals surface area contributed by atoms with Gasteiger partial charge in [0.2, 0.25) is 5.91 Å². The predicted molar refractivity (Wildman–Crippen MR) is 108 cm³/mol. The monoisotopic (exact) mass is 373 g/mol. The first-order chi connectivity index (χ1) is 12.7. The first-order valence-corrected chi connectivity index (χ1v) is 10.1. The second kappa shape index (κ2) is 11.5. The van der Waals surface area contributed by atoms with Crippen LogP contribution >= 0.6 is 11.8 Å². The van der Waals surface area contributed by atoms with Gasteiger partial charge in [0.25, 0.3) is 0 Å². The fraction of sp³-hybridized carbons (Fsp3) is 0.381. The minimum absolute atomic E-state index is 0.0928. The van der Waals surface area contributed by atoms with Crippen molar-refractivity contribution in [1.82, 2.24) is 5.32 Å². The van der Waals surface area contributed by atoms with Crippen molar-refractivity contribution < 1.29 is 14.3 Å². The number of amides is 1. The van der Waals surface area contributed by atoms with Gasteiger partial charge in [0.1, 0.15) is 11.5 Å². The van der Waals surface area contributed by atoms with Crippen molar-refractivity contribution >= 4 is 17.7 Å². The van der Waals surface area contributed by atoms with Crippen LogP contribution in [-0.2, 0) is 17.0 Å². The van der Waals surface area contributed by atoms with Crippen molar-refractivity contribution in [1.29, 1.82) is 0 Å². The molecule has 2 aromatic rings. The molecule has 0 aliphatic rings. The molecule has 26 heavy (non-hydrogen) atoms. The summed E-state index contributed by atoms with van der Waals surface area (Å²) >= 11 is 1.62. The Bertz CT molecular complexity index is 656. The van der Waals surface area contributed by atoms with E-state index in [2.05, 4.69) is 17.4 Å². The van der Waals surface area contributed by atoms with Gasteiger partial charge in [-0.05, 0) is 55.2 Å². The van der Waals surface area contributed by atoms with Gasteiger partial charge in [-0.25, -0.2) is 0 Å². The molecule has 2 rings (SSSR count). The Morgan fingerprint density at radius 1 is 1.00 bits per heavy atom. The highest BCUT2D eigenvalue weighted by Gasteiger charge is 2.02. The molecule has 0 saturated heterocycles. The van der Waals surface area contributed by atoms with E-state index in [4.69, 9.17) is 9.47 Å². The van der Waals surface area contributed by atoms with Crippen LogP contribution < -0.4 is 14.8 Å². The summed E-state index contributed by atoms with van der Waals surface area (Å²) in [7, 11) is 1.66. The molecule has 0 unspecified atom stereocenters. The Labute approximate surface area is 160 Å². The molecule has 2 aromatic carbocycles. The first-order valence-electron chi connectivity index (χ1n) is 8.90. The molecule has 0 bridgehead atoms. The van der Waals surface area contributed by atoms with E-state index in [1.165, 1.54) is 11.1 Å². The highest BCUT2D eigenvalue weighted by Crippen LogP contribution is 2.16. The van der Waals surface area contributed by atoms with Crippen molar-refractivity contribution in [3.63, 3.8) is 0 Å². The topological polar surface area (TPSA) is 47.6 Å². The zero-order chi connectivity index (χ0) is 18.6. The molecule has 4 nitrogen and oxygen atoms in total. The molecule has 5 heteroatoms. The van der Waals surface area contributed by atoms with Crippen LogP contribution in [0.4, 0.5) is 0 Å². The lowest BCUT2D eigenvalue weighted by Crippen LogP contribution is -2.26. The minimum atomic E-state index is 0.0928. The quantitative estimate of drug-likeness (QED) is 0.603. The zero-order valence-corrected chi connectivity index (χ0v) is 16.3. The number of carbonyl (C=O) groups is 1. The van der Waals surface area contributed by atoms with Crippen LogP contribution in [0.1, 0.15) is 24.5 Å². The molecule has 0 saturated carbocycles. The maximum atomic E-state index is 11.9. The molecular weight excluding hydrogens is 346 g/mol. The van der Waals surface area contributed by atoms with Crippen molar-refractivity contribution in [2.75, 3.05) is 26.0 Å². The number of methoxy groups -OCH3 is 1. The number of rotatable bonds is 11. The molecule has 1 amide bonds. The van der Waals surface area contributed by atoms with E-state index in [1.807, 2.05) is 43.3 Å². The number of hydrogen-bond donors (Lipinski definition) is 1. The summed E-state index contributed by atoms with van der Waals surface area (Å²) < 4.78 is 10.6. The van der Waals surface area contributed by atoms with Crippen LogP contribution in [0.3, 0.4) is 0 Å². The molecule has 0 atom stereocenters. The van der Waals surface area contributed by atoms with E-state index in [1.54, 1.807) is 18.9 Å². The number of ether oxygens (including phenoxy) is 2. The van der Waals surface area contributed by atoms with E-state index >= 15 is 0 Å². The Morgan fingerprint density at radius 3 is 2.31 bits per heavy atom. The molecular formula is C21H27NO3S. The summed E-state index contributed by atoms with van der Waals surface area (Å²) in [4.78, 5) is 11.9. The fourth-order valence-corrected chi connectivity index (χ4v) is 3.29. The highest BCUT2D eigenvalue weighted by molar-refractivity contribution is 7.99. The van der Waals surface area contributed by atoms with Crippen LogP contribution in [0, 0.1) is 0 Å². The molecule has 0 radical (unpaired) electrons. The van der Waals surface area contributed by atoms with Gasteiger partial charge in [-0.15, -0.1) is 11.8 Å². The van der Waals surface area contributed by atoms with Gasteiger partial charge < -0.3 is 14.8 Å². The summed E-state index contributed by atoms with van der Waals surface area (Å²) in [5.74, 6) is 3.15. The average molecular weight is 374 g/mol. The number of nitrogens with one attached hydrogen (secondary N) is 1. The first kappa shape index (κ1) is 20.2. The van der Waals surface area contributed by atoms with E-state index in [0.717, 1.165) is 30.1 Å². The van der Waals surface area contributed by atoms with Gasteiger partial charge in [-0.1, -0.05) is 24.3 Å². The second-order valence-electron chi connectivity index (χ2n) is 5.87. The Kier molecular flexibility index (Phi) is 8.90. The number of hydrogen-bond acceptors (Lipinski definition) is 4. The lowest BCUT2D eigenvalue weighted by molar-refractivity contribution is -0.118. The SMILES string of the molecule is CCOc1ccc(CCCNC(=O)CSCc2ccc(OC)cc2)cc1. The number of thioether (sulfide) groups is 1. The lowest BCUT2D eigenvalue weighted by atomic mass is 10.1. The van der Waals surface area contributed by atoms with Gasteiger partial charge in [-0.3, -0.25) is 4.79 Å². The fourth-order valence-electron chi connectivity index (χ4n) is 2.47. The summed E-state index contributed by atoms with van der Waals surface area (Å²) in [6.45, 7) is 3.36. The summed E-state index contributed by atoms with van der Waals surface area (Å²) in [6, 6.07) is 16.1. The van der Waals surface area contributed by atoms with E-state index in [0.29, 0.717) is 18.9 Å². The van der Waals surface area contributed by atoms with Crippen LogP contribution in [0.5, 0.6) is 11.5 Å². The van der Waals surface area contributed by atoms with Crippen LogP contribution in [-0.4, -0.2) is 31.9 Å². The predicted octanol–water partition coefficient (Wildman–Crippen LogP) is 4.08.